The number of fused-ring (bicyclic) bond motifs is 1. The van der Waals surface area contributed by atoms with E-state index < -0.39 is 15.5 Å². The lowest BCUT2D eigenvalue weighted by Gasteiger charge is -2.23. The van der Waals surface area contributed by atoms with Crippen LogP contribution < -0.4 is 9.88 Å². The van der Waals surface area contributed by atoms with E-state index in [2.05, 4.69) is 0 Å². The maximum atomic E-state index is 11.0. The molecule has 1 aromatic carbocycles. The van der Waals surface area contributed by atoms with E-state index in [1.54, 1.807) is 6.07 Å². The van der Waals surface area contributed by atoms with Crippen LogP contribution in [0.1, 0.15) is 12.0 Å². The molecule has 1 aliphatic rings. The van der Waals surface area contributed by atoms with Gasteiger partial charge in [0.05, 0.1) is 0 Å². The average molecular weight is 213 g/mol. The summed E-state index contributed by atoms with van der Waals surface area (Å²) in [5, 5.41) is 5.01. The number of hydrogen-bond acceptors (Lipinski definition) is 3. The number of hydrogen-bond donors (Lipinski definition) is 1. The molecule has 1 heterocycles. The summed E-state index contributed by atoms with van der Waals surface area (Å²) in [5.41, 5.74) is 0.143. The van der Waals surface area contributed by atoms with Crippen LogP contribution in [0.4, 0.5) is 0 Å². The maximum Gasteiger partial charge on any atom is 0.247 e. The second-order valence-electron chi connectivity index (χ2n) is 3.28. The first-order valence-electron chi connectivity index (χ1n) is 4.33. The zero-order valence-corrected chi connectivity index (χ0v) is 8.33. The first-order valence-corrected chi connectivity index (χ1v) is 5.94. The van der Waals surface area contributed by atoms with Gasteiger partial charge in [0.1, 0.15) is 5.75 Å². The van der Waals surface area contributed by atoms with Crippen LogP contribution in [0.25, 0.3) is 0 Å². The Morgan fingerprint density at radius 3 is 2.79 bits per heavy atom. The van der Waals surface area contributed by atoms with Gasteiger partial charge in [-0.15, -0.1) is 0 Å². The topological polar surface area (TPSA) is 69.4 Å². The molecule has 0 amide bonds. The number of para-hydroxylation sites is 1. The highest BCUT2D eigenvalue weighted by Crippen LogP contribution is 2.28. The van der Waals surface area contributed by atoms with Gasteiger partial charge in [-0.2, -0.15) is 0 Å². The Kier molecular flexibility index (Phi) is 2.20. The predicted octanol–water partition coefficient (Wildman–Crippen LogP) is 0.626. The molecule has 1 atom stereocenters. The van der Waals surface area contributed by atoms with E-state index in [-0.39, 0.29) is 0 Å². The number of primary sulfonamides is 1. The van der Waals surface area contributed by atoms with Gasteiger partial charge < -0.3 is 4.74 Å². The van der Waals surface area contributed by atoms with Gasteiger partial charge >= 0.3 is 0 Å². The molecule has 1 unspecified atom stereocenters. The van der Waals surface area contributed by atoms with Crippen LogP contribution >= 0.6 is 0 Å². The Morgan fingerprint density at radius 1 is 1.36 bits per heavy atom. The second-order valence-corrected chi connectivity index (χ2v) is 4.99. The van der Waals surface area contributed by atoms with Crippen molar-refractivity contribution in [1.82, 2.24) is 0 Å². The van der Waals surface area contributed by atoms with Gasteiger partial charge in [0.2, 0.25) is 15.5 Å². The smallest absolute Gasteiger partial charge is 0.247 e. The van der Waals surface area contributed by atoms with Gasteiger partial charge in [-0.25, -0.2) is 13.6 Å². The van der Waals surface area contributed by atoms with Crippen molar-refractivity contribution in [2.45, 2.75) is 18.3 Å². The van der Waals surface area contributed by atoms with Crippen molar-refractivity contribution in [3.8, 4) is 5.75 Å². The quantitative estimate of drug-likeness (QED) is 0.743. The van der Waals surface area contributed by atoms with E-state index in [0.29, 0.717) is 18.6 Å². The van der Waals surface area contributed by atoms with E-state index in [0.717, 1.165) is 5.56 Å². The zero-order chi connectivity index (χ0) is 10.2. The molecular formula is C9H11NO3S. The van der Waals surface area contributed by atoms with E-state index >= 15 is 0 Å². The van der Waals surface area contributed by atoms with Gasteiger partial charge in [0.25, 0.3) is 0 Å². The molecule has 14 heavy (non-hydrogen) atoms. The summed E-state index contributed by atoms with van der Waals surface area (Å²) in [7, 11) is -3.59. The standard InChI is InChI=1S/C9H11NO3S/c10-14(11,12)9-6-5-7-3-1-2-4-8(7)13-9/h1-4,9H,5-6H2,(H2,10,11,12). The maximum absolute atomic E-state index is 11.0. The van der Waals surface area contributed by atoms with Crippen LogP contribution in [0.2, 0.25) is 0 Å². The summed E-state index contributed by atoms with van der Waals surface area (Å²) >= 11 is 0. The molecular weight excluding hydrogens is 202 g/mol. The molecule has 1 aliphatic heterocycles. The van der Waals surface area contributed by atoms with Crippen LogP contribution in [-0.4, -0.2) is 13.9 Å². The van der Waals surface area contributed by atoms with Crippen molar-refractivity contribution in [2.24, 2.45) is 5.14 Å². The van der Waals surface area contributed by atoms with Crippen molar-refractivity contribution in [1.29, 1.82) is 0 Å². The number of sulfonamides is 1. The van der Waals surface area contributed by atoms with Crippen LogP contribution in [0, 0.1) is 0 Å². The Bertz CT molecular complexity index is 441. The lowest BCUT2D eigenvalue weighted by Crippen LogP contribution is -2.36. The Hall–Kier alpha value is -1.07. The lowest BCUT2D eigenvalue weighted by atomic mass is 10.1. The molecule has 0 spiro atoms. The first kappa shape index (κ1) is 9.48. The van der Waals surface area contributed by atoms with Crippen LogP contribution in [0.5, 0.6) is 5.75 Å². The minimum Gasteiger partial charge on any atom is -0.473 e. The Labute approximate surface area is 82.7 Å². The summed E-state index contributed by atoms with van der Waals surface area (Å²) in [6.45, 7) is 0. The molecule has 0 saturated heterocycles. The molecule has 0 radical (unpaired) electrons. The monoisotopic (exact) mass is 213 g/mol. The number of ether oxygens (including phenoxy) is 1. The molecule has 0 aromatic heterocycles. The van der Waals surface area contributed by atoms with Crippen molar-refractivity contribution >= 4 is 10.0 Å². The van der Waals surface area contributed by atoms with Crippen LogP contribution in [0.15, 0.2) is 24.3 Å². The summed E-state index contributed by atoms with van der Waals surface area (Å²) in [6.07, 6.45) is 1.12. The molecule has 0 fully saturated rings. The third kappa shape index (κ3) is 1.73. The molecule has 0 aliphatic carbocycles. The summed E-state index contributed by atoms with van der Waals surface area (Å²) in [4.78, 5) is 0. The third-order valence-electron chi connectivity index (χ3n) is 2.25. The number of nitrogens with two attached hydrogens (primary N) is 1. The molecule has 1 aromatic rings. The van der Waals surface area contributed by atoms with E-state index in [1.165, 1.54) is 0 Å². The Morgan fingerprint density at radius 2 is 2.07 bits per heavy atom. The van der Waals surface area contributed by atoms with Crippen molar-refractivity contribution in [3.05, 3.63) is 29.8 Å². The molecule has 0 bridgehead atoms. The van der Waals surface area contributed by atoms with Gasteiger partial charge in [0, 0.05) is 6.42 Å². The molecule has 4 nitrogen and oxygen atoms in total. The lowest BCUT2D eigenvalue weighted by molar-refractivity contribution is 0.242. The first-order chi connectivity index (χ1) is 6.57. The van der Waals surface area contributed by atoms with Crippen molar-refractivity contribution < 1.29 is 13.2 Å². The molecule has 76 valence electrons. The number of aryl methyl sites for hydroxylation is 1. The molecule has 2 rings (SSSR count). The van der Waals surface area contributed by atoms with Crippen LogP contribution in [-0.2, 0) is 16.4 Å². The third-order valence-corrected chi connectivity index (χ3v) is 3.31. The predicted molar refractivity (Wildman–Crippen MR) is 52.3 cm³/mol. The number of rotatable bonds is 1. The van der Waals surface area contributed by atoms with Gasteiger partial charge in [-0.1, -0.05) is 18.2 Å². The highest BCUT2D eigenvalue weighted by atomic mass is 32.2. The Balaban J connectivity index is 2.30. The van der Waals surface area contributed by atoms with E-state index in [1.807, 2.05) is 18.2 Å². The highest BCUT2D eigenvalue weighted by molar-refractivity contribution is 7.89. The largest absolute Gasteiger partial charge is 0.473 e. The fourth-order valence-electron chi connectivity index (χ4n) is 1.53. The van der Waals surface area contributed by atoms with Gasteiger partial charge in [-0.3, -0.25) is 0 Å². The molecule has 5 heteroatoms. The molecule has 2 N–H and O–H groups in total. The van der Waals surface area contributed by atoms with Crippen molar-refractivity contribution in [3.63, 3.8) is 0 Å². The van der Waals surface area contributed by atoms with Crippen LogP contribution in [0.3, 0.4) is 0 Å². The second kappa shape index (κ2) is 3.25. The average Bonchev–Trinajstić information content (AvgIpc) is 2.16. The van der Waals surface area contributed by atoms with Gasteiger partial charge in [-0.05, 0) is 18.1 Å². The van der Waals surface area contributed by atoms with E-state index in [4.69, 9.17) is 9.88 Å². The van der Waals surface area contributed by atoms with E-state index in [9.17, 15) is 8.42 Å². The zero-order valence-electron chi connectivity index (χ0n) is 7.51. The number of benzene rings is 1. The normalized spacial score (nSPS) is 21.1. The molecule has 0 saturated carbocycles. The summed E-state index contributed by atoms with van der Waals surface area (Å²) in [6, 6.07) is 7.39. The summed E-state index contributed by atoms with van der Waals surface area (Å²) < 4.78 is 27.4. The fourth-order valence-corrected chi connectivity index (χ4v) is 2.21. The minimum atomic E-state index is -3.59. The summed E-state index contributed by atoms with van der Waals surface area (Å²) in [5.74, 6) is 0.623. The van der Waals surface area contributed by atoms with Crippen molar-refractivity contribution in [2.75, 3.05) is 0 Å². The SMILES string of the molecule is NS(=O)(=O)C1CCc2ccccc2O1. The fraction of sp³-hybridized carbons (Fsp3) is 0.333. The van der Waals surface area contributed by atoms with Gasteiger partial charge in [0.15, 0.2) is 0 Å². The minimum absolute atomic E-state index is 0.426. The highest BCUT2D eigenvalue weighted by Gasteiger charge is 2.27.